The number of halogens is 3. The summed E-state index contributed by atoms with van der Waals surface area (Å²) in [6.07, 6.45) is 30.3. The number of hydrogen-bond donors (Lipinski definition) is 1. The summed E-state index contributed by atoms with van der Waals surface area (Å²) in [5.74, 6) is -3.45. The van der Waals surface area contributed by atoms with Crippen molar-refractivity contribution in [3.05, 3.63) is 40.2 Å². The number of carbonyl (C=O) groups is 1. The summed E-state index contributed by atoms with van der Waals surface area (Å²) in [5.41, 5.74) is 0.572. The number of Topliss-reactive ketones (excluding diaryl/α,β-unsaturated/α-hetero) is 1. The normalized spacial score (nSPS) is 21.3. The zero-order valence-electron chi connectivity index (χ0n) is 35.2. The van der Waals surface area contributed by atoms with Gasteiger partial charge in [-0.15, -0.1) is 0 Å². The van der Waals surface area contributed by atoms with Crippen LogP contribution < -0.4 is 5.63 Å². The Balaban J connectivity index is 0.000000191. The molecule has 331 valence electrons. The third-order valence-electron chi connectivity index (χ3n) is 14.5. The van der Waals surface area contributed by atoms with Crippen LogP contribution in [0.25, 0.3) is 11.0 Å². The first-order valence-electron chi connectivity index (χ1n) is 22.9. The van der Waals surface area contributed by atoms with Gasteiger partial charge >= 0.3 is 11.8 Å². The summed E-state index contributed by atoms with van der Waals surface area (Å²) in [4.78, 5) is 22.3. The number of aromatic hydroxyl groups is 1. The number of hydrogen-bond acceptors (Lipinski definition) is 6. The van der Waals surface area contributed by atoms with E-state index in [1.165, 1.54) is 185 Å². The molecule has 1 aromatic carbocycles. The minimum Gasteiger partial charge on any atom is -0.506 e. The predicted octanol–water partition coefficient (Wildman–Crippen LogP) is 14.8. The second kappa shape index (κ2) is 23.8. The first-order valence-corrected chi connectivity index (χ1v) is 26.7. The van der Waals surface area contributed by atoms with Gasteiger partial charge in [0.15, 0.2) is 5.56 Å². The van der Waals surface area contributed by atoms with E-state index >= 15 is 0 Å². The summed E-state index contributed by atoms with van der Waals surface area (Å²) in [6.45, 7) is 4.54. The maximum atomic E-state index is 14.3. The Hall–Kier alpha value is -0.564. The molecule has 5 aliphatic rings. The van der Waals surface area contributed by atoms with E-state index in [0.29, 0.717) is 34.0 Å². The van der Waals surface area contributed by atoms with Gasteiger partial charge in [-0.05, 0) is 89.2 Å². The van der Waals surface area contributed by atoms with Crippen LogP contribution in [0.5, 0.6) is 5.75 Å². The molecule has 0 atom stereocenters. The maximum Gasteiger partial charge on any atom is 0.455 e. The third kappa shape index (κ3) is 12.1. The number of carbonyl (C=O) groups excluding carboxylic acids is 1. The zero-order valence-corrected chi connectivity index (χ0v) is 39.1. The Morgan fingerprint density at radius 3 is 1.34 bits per heavy atom. The van der Waals surface area contributed by atoms with Crippen LogP contribution in [-0.4, -0.2) is 51.0 Å². The maximum absolute atomic E-state index is 14.3. The van der Waals surface area contributed by atoms with Gasteiger partial charge in [0.2, 0.25) is 0 Å². The monoisotopic (exact) mass is 997 g/mol. The van der Waals surface area contributed by atoms with Crippen molar-refractivity contribution in [1.29, 1.82) is 0 Å². The molecule has 0 unspecified atom stereocenters. The van der Waals surface area contributed by atoms with Crippen LogP contribution in [0.1, 0.15) is 198 Å². The summed E-state index contributed by atoms with van der Waals surface area (Å²) < 4.78 is 69.7. The molecule has 2 aromatic rings. The first-order chi connectivity index (χ1) is 27.4. The van der Waals surface area contributed by atoms with E-state index in [2.05, 4.69) is 18.3 Å². The van der Waals surface area contributed by atoms with Gasteiger partial charge in [0, 0.05) is 72.6 Å². The molecule has 5 saturated carbocycles. The van der Waals surface area contributed by atoms with E-state index < -0.39 is 43.2 Å². The van der Waals surface area contributed by atoms with Crippen molar-refractivity contribution in [3.63, 3.8) is 0 Å². The molecule has 58 heavy (non-hydrogen) atoms. The number of rotatable bonds is 9. The number of alkyl halides is 3. The van der Waals surface area contributed by atoms with Crippen LogP contribution in [0.15, 0.2) is 33.5 Å². The minimum absolute atomic E-state index is 0. The molecule has 1 heterocycles. The Labute approximate surface area is 377 Å². The average Bonchev–Trinajstić information content (AvgIpc) is 3.25. The molecule has 0 saturated heterocycles. The van der Waals surface area contributed by atoms with E-state index in [1.54, 1.807) is 0 Å². The zero-order chi connectivity index (χ0) is 41.1. The molecule has 5 aliphatic carbocycles. The van der Waals surface area contributed by atoms with Crippen molar-refractivity contribution >= 4 is 31.0 Å². The van der Waals surface area contributed by atoms with Crippen molar-refractivity contribution in [2.75, 3.05) is 0 Å². The number of benzene rings is 1. The molecule has 1 aromatic heterocycles. The topological polar surface area (TPSA) is 102 Å². The Morgan fingerprint density at radius 1 is 0.655 bits per heavy atom. The summed E-state index contributed by atoms with van der Waals surface area (Å²) >= 11 is 0. The fraction of sp³-hybridized carbons (Fsp3) is 0.783. The van der Waals surface area contributed by atoms with E-state index in [-0.39, 0.29) is 49.6 Å². The van der Waals surface area contributed by atoms with Gasteiger partial charge in [0.25, 0.3) is 5.78 Å². The fourth-order valence-corrected chi connectivity index (χ4v) is 22.1. The van der Waals surface area contributed by atoms with Crippen molar-refractivity contribution in [3.8, 4) is 5.75 Å². The molecule has 6 nitrogen and oxygen atoms in total. The minimum atomic E-state index is -5.26. The predicted molar refractivity (Wildman–Crippen MR) is 228 cm³/mol. The van der Waals surface area contributed by atoms with Gasteiger partial charge in [-0.2, -0.15) is 13.2 Å². The van der Waals surface area contributed by atoms with Gasteiger partial charge < -0.3 is 18.7 Å². The van der Waals surface area contributed by atoms with Crippen LogP contribution in [-0.2, 0) is 9.13 Å². The van der Waals surface area contributed by atoms with E-state index in [9.17, 15) is 37.0 Å². The van der Waals surface area contributed by atoms with Gasteiger partial charge in [-0.1, -0.05) is 122 Å². The smallest absolute Gasteiger partial charge is 0.455 e. The molecule has 0 spiro atoms. The van der Waals surface area contributed by atoms with Crippen molar-refractivity contribution in [2.45, 2.75) is 227 Å². The molecule has 7 rings (SSSR count). The first kappa shape index (κ1) is 50.1. The van der Waals surface area contributed by atoms with E-state index in [4.69, 9.17) is 0 Å². The second-order valence-corrected chi connectivity index (χ2v) is 25.3. The second-order valence-electron chi connectivity index (χ2n) is 17.9. The molecule has 1 N–H and O–H groups in total. The van der Waals surface area contributed by atoms with E-state index in [1.807, 2.05) is 0 Å². The number of para-hydroxylation sites is 1. The van der Waals surface area contributed by atoms with Crippen molar-refractivity contribution in [1.82, 2.24) is 0 Å². The Morgan fingerprint density at radius 2 is 1.00 bits per heavy atom. The fourth-order valence-electron chi connectivity index (χ4n) is 11.5. The molecule has 0 bridgehead atoms. The summed E-state index contributed by atoms with van der Waals surface area (Å²) in [5, 5.41) is 9.45. The Bertz CT molecular complexity index is 1640. The molecule has 1 radical (unpaired) electrons. The molecule has 0 aliphatic heterocycles. The van der Waals surface area contributed by atoms with Gasteiger partial charge in [-0.25, -0.2) is 4.79 Å². The number of ketones is 1. The van der Waals surface area contributed by atoms with Crippen LogP contribution in [0.2, 0.25) is 0 Å². The average molecular weight is 998 g/mol. The largest absolute Gasteiger partial charge is 0.506 e. The van der Waals surface area contributed by atoms with Gasteiger partial charge in [0.1, 0.15) is 11.3 Å². The van der Waals surface area contributed by atoms with Crippen LogP contribution in [0.3, 0.4) is 0 Å². The van der Waals surface area contributed by atoms with Crippen LogP contribution in [0.4, 0.5) is 13.2 Å². The molecular weight excluding hydrogens is 926 g/mol. The molecule has 0 amide bonds. The molecule has 5 fully saturated rings. The molecule has 12 heteroatoms. The molecular formula is C46H71F3O6P2Tb. The van der Waals surface area contributed by atoms with Gasteiger partial charge in [0.05, 0.1) is 19.7 Å². The van der Waals surface area contributed by atoms with Crippen molar-refractivity contribution in [2.24, 2.45) is 0 Å². The summed E-state index contributed by atoms with van der Waals surface area (Å²) in [6, 6.07) is 5.42. The number of fused-ring (bicyclic) bond motifs is 1. The van der Waals surface area contributed by atoms with Crippen LogP contribution in [0, 0.1) is 38.6 Å². The van der Waals surface area contributed by atoms with E-state index in [0.717, 1.165) is 12.8 Å². The van der Waals surface area contributed by atoms with Gasteiger partial charge in [-0.3, -0.25) is 4.79 Å². The third-order valence-corrected chi connectivity index (χ3v) is 24.7. The van der Waals surface area contributed by atoms with Crippen LogP contribution >= 0.6 is 14.3 Å². The standard InChI is InChI=1S/C18H33OP.C17H33OP.C11H5F3O4.Tb/c19-20(16-10-4-1-5-11-16,17-12-6-2-7-13-17)18-14-8-3-9-15-18;1-3-15(4-2)19(18,16-11-7-5-8-12-16)17-13-9-6-10-14-17;12-11(13,14)9(16)7-8(15)5-3-1-2-4-6(5)18-10(7)17;/h16-18H,1-15H2;15-17H,3-14H2,1-2H3;1-4,15H;. The Kier molecular flexibility index (Phi) is 20.5. The quantitative estimate of drug-likeness (QED) is 0.153. The summed E-state index contributed by atoms with van der Waals surface area (Å²) in [7, 11) is -3.93. The van der Waals surface area contributed by atoms with Crippen molar-refractivity contribution < 1.29 is 75.2 Å². The SMILES string of the molecule is CCC(CC)P(=O)(C1CCCCC1)C1CCCCC1.O=C(c1c(O)c2ccccc2oc1=O)C(F)(F)F.O=P(C1CCCCC1)(C1CCCCC1)C1CCCCC1.[Tb].